The van der Waals surface area contributed by atoms with Crippen molar-refractivity contribution in [3.63, 3.8) is 0 Å². The van der Waals surface area contributed by atoms with Gasteiger partial charge in [-0.15, -0.1) is 0 Å². The molecule has 2 rings (SSSR count). The van der Waals surface area contributed by atoms with Crippen LogP contribution in [0.15, 0.2) is 36.4 Å². The van der Waals surface area contributed by atoms with Crippen LogP contribution in [0, 0.1) is 0 Å². The molecule has 0 saturated carbocycles. The molecule has 27 heavy (non-hydrogen) atoms. The minimum absolute atomic E-state index is 0.105. The molecule has 0 heterocycles. The van der Waals surface area contributed by atoms with E-state index in [0.29, 0.717) is 29.5 Å². The summed E-state index contributed by atoms with van der Waals surface area (Å²) < 4.78 is 21.4. The maximum absolute atomic E-state index is 12.3. The highest BCUT2D eigenvalue weighted by Gasteiger charge is 2.14. The Hall–Kier alpha value is -3.09. The van der Waals surface area contributed by atoms with Crippen molar-refractivity contribution in [3.05, 3.63) is 36.4 Å². The third-order valence-corrected chi connectivity index (χ3v) is 3.71. The summed E-state index contributed by atoms with van der Waals surface area (Å²) in [6.45, 7) is 2.81. The van der Waals surface area contributed by atoms with Crippen molar-refractivity contribution in [3.8, 4) is 23.0 Å². The van der Waals surface area contributed by atoms with Crippen LogP contribution in [0.25, 0.3) is 0 Å². The Morgan fingerprint density at radius 3 is 2.26 bits per heavy atom. The standard InChI is InChI=1S/C20H26N2O5/c1-5-9-27-16-8-6-7-14(10-16)21-13-19(23)22-15-11-17(24-2)20(26-4)18(12-15)25-3/h6-8,10-12,21H,5,9,13H2,1-4H3,(H,22,23). The Morgan fingerprint density at radius 2 is 1.67 bits per heavy atom. The number of hydrogen-bond donors (Lipinski definition) is 2. The third-order valence-electron chi connectivity index (χ3n) is 3.71. The van der Waals surface area contributed by atoms with Gasteiger partial charge in [0.15, 0.2) is 11.5 Å². The van der Waals surface area contributed by atoms with Gasteiger partial charge >= 0.3 is 0 Å². The quantitative estimate of drug-likeness (QED) is 0.662. The van der Waals surface area contributed by atoms with Gasteiger partial charge < -0.3 is 29.6 Å². The van der Waals surface area contributed by atoms with Gasteiger partial charge in [-0.05, 0) is 18.6 Å². The molecule has 2 aromatic carbocycles. The molecule has 146 valence electrons. The minimum Gasteiger partial charge on any atom is -0.494 e. The molecule has 0 saturated heterocycles. The molecule has 7 heteroatoms. The summed E-state index contributed by atoms with van der Waals surface area (Å²) in [4.78, 5) is 12.3. The molecule has 2 aromatic rings. The zero-order valence-corrected chi connectivity index (χ0v) is 16.1. The summed E-state index contributed by atoms with van der Waals surface area (Å²) in [7, 11) is 4.58. The molecule has 0 bridgehead atoms. The van der Waals surface area contributed by atoms with E-state index in [9.17, 15) is 4.79 Å². The topological polar surface area (TPSA) is 78.1 Å². The number of methoxy groups -OCH3 is 3. The fourth-order valence-electron chi connectivity index (χ4n) is 2.46. The second kappa shape index (κ2) is 10.2. The maximum atomic E-state index is 12.3. The van der Waals surface area contributed by atoms with Crippen LogP contribution in [0.1, 0.15) is 13.3 Å². The molecule has 2 N–H and O–H groups in total. The molecule has 0 aliphatic rings. The minimum atomic E-state index is -0.204. The predicted octanol–water partition coefficient (Wildman–Crippen LogP) is 3.55. The van der Waals surface area contributed by atoms with Gasteiger partial charge in [0.05, 0.1) is 34.5 Å². The van der Waals surface area contributed by atoms with Crippen molar-refractivity contribution < 1.29 is 23.7 Å². The van der Waals surface area contributed by atoms with Crippen LogP contribution in [0.2, 0.25) is 0 Å². The lowest BCUT2D eigenvalue weighted by Gasteiger charge is -2.15. The van der Waals surface area contributed by atoms with Crippen molar-refractivity contribution in [2.45, 2.75) is 13.3 Å². The lowest BCUT2D eigenvalue weighted by molar-refractivity contribution is -0.114. The molecule has 0 radical (unpaired) electrons. The molecule has 0 atom stereocenters. The third kappa shape index (κ3) is 5.70. The summed E-state index contributed by atoms with van der Waals surface area (Å²) in [5.41, 5.74) is 1.36. The average Bonchev–Trinajstić information content (AvgIpc) is 2.70. The van der Waals surface area contributed by atoms with Crippen molar-refractivity contribution in [1.82, 2.24) is 0 Å². The van der Waals surface area contributed by atoms with Gasteiger partial charge in [-0.2, -0.15) is 0 Å². The summed E-state index contributed by atoms with van der Waals surface area (Å²) >= 11 is 0. The SMILES string of the molecule is CCCOc1cccc(NCC(=O)Nc2cc(OC)c(OC)c(OC)c2)c1. The summed E-state index contributed by atoms with van der Waals surface area (Å²) in [5.74, 6) is 1.98. The van der Waals surface area contributed by atoms with Gasteiger partial charge in [-0.25, -0.2) is 0 Å². The van der Waals surface area contributed by atoms with E-state index in [0.717, 1.165) is 17.9 Å². The predicted molar refractivity (Wildman–Crippen MR) is 105 cm³/mol. The molecular formula is C20H26N2O5. The van der Waals surface area contributed by atoms with E-state index in [1.165, 1.54) is 21.3 Å². The number of carbonyl (C=O) groups is 1. The zero-order chi connectivity index (χ0) is 19.6. The van der Waals surface area contributed by atoms with E-state index in [4.69, 9.17) is 18.9 Å². The molecule has 1 amide bonds. The van der Waals surface area contributed by atoms with Gasteiger partial charge in [0.1, 0.15) is 5.75 Å². The summed E-state index contributed by atoms with van der Waals surface area (Å²) in [6, 6.07) is 10.9. The number of amides is 1. The number of ether oxygens (including phenoxy) is 4. The van der Waals surface area contributed by atoms with E-state index in [2.05, 4.69) is 17.6 Å². The van der Waals surface area contributed by atoms with Crippen molar-refractivity contribution in [2.24, 2.45) is 0 Å². The number of benzene rings is 2. The Morgan fingerprint density at radius 1 is 0.963 bits per heavy atom. The number of rotatable bonds is 10. The van der Waals surface area contributed by atoms with Crippen LogP contribution in [0.4, 0.5) is 11.4 Å². The Balaban J connectivity index is 2.00. The highest BCUT2D eigenvalue weighted by atomic mass is 16.5. The van der Waals surface area contributed by atoms with Gasteiger partial charge in [-0.1, -0.05) is 13.0 Å². The molecule has 0 aliphatic carbocycles. The molecule has 0 fully saturated rings. The smallest absolute Gasteiger partial charge is 0.243 e. The normalized spacial score (nSPS) is 10.1. The monoisotopic (exact) mass is 374 g/mol. The number of anilines is 2. The van der Waals surface area contributed by atoms with E-state index >= 15 is 0 Å². The average molecular weight is 374 g/mol. The second-order valence-electron chi connectivity index (χ2n) is 5.69. The van der Waals surface area contributed by atoms with E-state index in [1.807, 2.05) is 24.3 Å². The molecule has 7 nitrogen and oxygen atoms in total. The van der Waals surface area contributed by atoms with Gasteiger partial charge in [0.25, 0.3) is 0 Å². The molecule has 0 aliphatic heterocycles. The van der Waals surface area contributed by atoms with Crippen LogP contribution in [0.3, 0.4) is 0 Å². The van der Waals surface area contributed by atoms with Crippen LogP contribution in [0.5, 0.6) is 23.0 Å². The van der Waals surface area contributed by atoms with Gasteiger partial charge in [0, 0.05) is 29.6 Å². The Bertz CT molecular complexity index is 739. The number of hydrogen-bond acceptors (Lipinski definition) is 6. The Kier molecular flexibility index (Phi) is 7.61. The first kappa shape index (κ1) is 20.2. The van der Waals surface area contributed by atoms with Crippen molar-refractivity contribution in [1.29, 1.82) is 0 Å². The zero-order valence-electron chi connectivity index (χ0n) is 16.1. The first-order valence-electron chi connectivity index (χ1n) is 8.67. The largest absolute Gasteiger partial charge is 0.494 e. The molecular weight excluding hydrogens is 348 g/mol. The van der Waals surface area contributed by atoms with Crippen LogP contribution >= 0.6 is 0 Å². The number of nitrogens with one attached hydrogen (secondary N) is 2. The first-order chi connectivity index (χ1) is 13.1. The maximum Gasteiger partial charge on any atom is 0.243 e. The molecule has 0 spiro atoms. The van der Waals surface area contributed by atoms with Crippen LogP contribution in [-0.2, 0) is 4.79 Å². The number of carbonyl (C=O) groups excluding carboxylic acids is 1. The first-order valence-corrected chi connectivity index (χ1v) is 8.67. The van der Waals surface area contributed by atoms with Gasteiger partial charge in [-0.3, -0.25) is 4.79 Å². The molecule has 0 unspecified atom stereocenters. The van der Waals surface area contributed by atoms with Crippen LogP contribution < -0.4 is 29.6 Å². The van der Waals surface area contributed by atoms with E-state index in [1.54, 1.807) is 12.1 Å². The lowest BCUT2D eigenvalue weighted by atomic mass is 10.2. The second-order valence-corrected chi connectivity index (χ2v) is 5.69. The highest BCUT2D eigenvalue weighted by molar-refractivity contribution is 5.94. The Labute approximate surface area is 159 Å². The van der Waals surface area contributed by atoms with Crippen molar-refractivity contribution in [2.75, 3.05) is 45.1 Å². The summed E-state index contributed by atoms with van der Waals surface area (Å²) in [6.07, 6.45) is 0.939. The van der Waals surface area contributed by atoms with E-state index < -0.39 is 0 Å². The lowest BCUT2D eigenvalue weighted by Crippen LogP contribution is -2.21. The highest BCUT2D eigenvalue weighted by Crippen LogP contribution is 2.39. The van der Waals surface area contributed by atoms with E-state index in [-0.39, 0.29) is 12.5 Å². The fourth-order valence-corrected chi connectivity index (χ4v) is 2.46. The molecule has 0 aromatic heterocycles. The summed E-state index contributed by atoms with van der Waals surface area (Å²) in [5, 5.41) is 5.90. The van der Waals surface area contributed by atoms with Crippen LogP contribution in [-0.4, -0.2) is 40.4 Å². The fraction of sp³-hybridized carbons (Fsp3) is 0.350. The van der Waals surface area contributed by atoms with Gasteiger partial charge in [0.2, 0.25) is 11.7 Å². The van der Waals surface area contributed by atoms with Crippen molar-refractivity contribution >= 4 is 17.3 Å².